The van der Waals surface area contributed by atoms with E-state index in [2.05, 4.69) is 6.92 Å². The Morgan fingerprint density at radius 3 is 2.36 bits per heavy atom. The second kappa shape index (κ2) is 2.49. The molecule has 22 heavy (non-hydrogen) atoms. The molecule has 0 N–H and O–H groups in total. The maximum absolute atomic E-state index is 6.86. The zero-order valence-corrected chi connectivity index (χ0v) is 13.5. The van der Waals surface area contributed by atoms with Gasteiger partial charge < -0.3 is 4.74 Å². The van der Waals surface area contributed by atoms with Crippen molar-refractivity contribution in [3.05, 3.63) is 0 Å². The van der Waals surface area contributed by atoms with Crippen molar-refractivity contribution in [2.75, 3.05) is 6.61 Å². The molecule has 1 heterocycles. The number of fused-ring (bicyclic) bond motifs is 10. The summed E-state index contributed by atoms with van der Waals surface area (Å²) in [6.07, 6.45) is 7.89. The van der Waals surface area contributed by atoms with E-state index in [1.807, 2.05) is 0 Å². The van der Waals surface area contributed by atoms with Gasteiger partial charge in [0.1, 0.15) is 0 Å². The molecule has 0 bridgehead atoms. The summed E-state index contributed by atoms with van der Waals surface area (Å²) in [5, 5.41) is 0. The van der Waals surface area contributed by atoms with Gasteiger partial charge in [-0.05, 0) is 90.8 Å². The summed E-state index contributed by atoms with van der Waals surface area (Å²) in [4.78, 5) is 0. The van der Waals surface area contributed by atoms with E-state index < -0.39 is 0 Å². The summed E-state index contributed by atoms with van der Waals surface area (Å²) >= 11 is 0. The van der Waals surface area contributed by atoms with Crippen molar-refractivity contribution < 1.29 is 4.74 Å². The zero-order valence-electron chi connectivity index (χ0n) is 13.5. The third-order valence-electron chi connectivity index (χ3n) is 12.4. The summed E-state index contributed by atoms with van der Waals surface area (Å²) in [6, 6.07) is 0. The molecule has 8 aliphatic rings. The zero-order chi connectivity index (χ0) is 13.8. The van der Waals surface area contributed by atoms with Gasteiger partial charge in [-0.15, -0.1) is 0 Å². The SMILES string of the molecule is C[C@@]12[C@@H]3[C@H]4[C@@H]5[C@H]1[C@@H]1CCC[C@@H]1[C@H]5[C@]15CO[C@]21[C@H]1CC[C@@H]([C@@H]31)[C@@H]45. The van der Waals surface area contributed by atoms with Gasteiger partial charge in [-0.1, -0.05) is 13.3 Å². The van der Waals surface area contributed by atoms with Gasteiger partial charge in [0.25, 0.3) is 0 Å². The molecule has 8 rings (SSSR count). The van der Waals surface area contributed by atoms with Gasteiger partial charge in [-0.2, -0.15) is 0 Å². The maximum atomic E-state index is 6.86. The van der Waals surface area contributed by atoms with Gasteiger partial charge >= 0.3 is 0 Å². The molecule has 14 atom stereocenters. The lowest BCUT2D eigenvalue weighted by Crippen LogP contribution is -2.79. The monoisotopic (exact) mass is 294 g/mol. The number of rotatable bonds is 0. The summed E-state index contributed by atoms with van der Waals surface area (Å²) in [5.41, 5.74) is 1.75. The fraction of sp³-hybridized carbons (Fsp3) is 1.00. The third-order valence-corrected chi connectivity index (χ3v) is 12.4. The van der Waals surface area contributed by atoms with E-state index in [9.17, 15) is 0 Å². The number of ether oxygens (including phenoxy) is 1. The molecule has 0 amide bonds. The van der Waals surface area contributed by atoms with E-state index in [1.165, 1.54) is 18.4 Å². The Morgan fingerprint density at radius 2 is 1.55 bits per heavy atom. The second-order valence-corrected chi connectivity index (χ2v) is 11.3. The Bertz CT molecular complexity index is 683. The smallest absolute Gasteiger partial charge is 0.0856 e. The van der Waals surface area contributed by atoms with Crippen molar-refractivity contribution in [2.24, 2.45) is 75.9 Å². The molecule has 1 nitrogen and oxygen atoms in total. The lowest BCUT2D eigenvalue weighted by molar-refractivity contribution is -0.387. The molecule has 0 aromatic carbocycles. The van der Waals surface area contributed by atoms with Crippen LogP contribution in [0.2, 0.25) is 0 Å². The average Bonchev–Trinajstić information content (AvgIpc) is 3.18. The minimum absolute atomic E-state index is 0.413. The minimum Gasteiger partial charge on any atom is -0.373 e. The van der Waals surface area contributed by atoms with E-state index >= 15 is 0 Å². The molecule has 1 aliphatic heterocycles. The van der Waals surface area contributed by atoms with Crippen LogP contribution in [0.25, 0.3) is 0 Å². The molecule has 0 aromatic heterocycles. The van der Waals surface area contributed by atoms with Crippen molar-refractivity contribution in [3.63, 3.8) is 0 Å². The highest BCUT2D eigenvalue weighted by Crippen LogP contribution is 3.01. The maximum Gasteiger partial charge on any atom is 0.0856 e. The standard InChI is InChI=1S/C21H26O/c1-19-15-8-3-2-4-9(8)16-13(15)14-17-10-5-6-11(12(10)18(14)19)21(19)20(16,17)7-22-21/h8-18H,2-7H2,1H3/t8-,9+,10+,11+,12-,13-,14+,15-,16-,17+,18+,19+,20+,21-/m1/s1. The van der Waals surface area contributed by atoms with Gasteiger partial charge in [0.2, 0.25) is 0 Å². The highest BCUT2D eigenvalue weighted by molar-refractivity contribution is 5.49. The molecular formula is C21H26O. The quantitative estimate of drug-likeness (QED) is 0.663. The molecule has 7 saturated carbocycles. The van der Waals surface area contributed by atoms with Crippen molar-refractivity contribution in [1.29, 1.82) is 0 Å². The van der Waals surface area contributed by atoms with Crippen LogP contribution in [0.3, 0.4) is 0 Å². The summed E-state index contributed by atoms with van der Waals surface area (Å²) in [5.74, 6) is 12.4. The van der Waals surface area contributed by atoms with Gasteiger partial charge in [-0.25, -0.2) is 0 Å². The molecule has 8 fully saturated rings. The fourth-order valence-corrected chi connectivity index (χ4v) is 13.5. The summed E-state index contributed by atoms with van der Waals surface area (Å²) in [6.45, 7) is 3.99. The van der Waals surface area contributed by atoms with E-state index in [0.29, 0.717) is 16.4 Å². The highest BCUT2D eigenvalue weighted by atomic mass is 16.5. The predicted molar refractivity (Wildman–Crippen MR) is 80.7 cm³/mol. The van der Waals surface area contributed by atoms with E-state index in [1.54, 1.807) is 32.1 Å². The van der Waals surface area contributed by atoms with Crippen LogP contribution < -0.4 is 0 Å². The van der Waals surface area contributed by atoms with E-state index in [0.717, 1.165) is 53.3 Å². The van der Waals surface area contributed by atoms with Gasteiger partial charge in [0.05, 0.1) is 12.2 Å². The van der Waals surface area contributed by atoms with E-state index in [-0.39, 0.29) is 0 Å². The van der Waals surface area contributed by atoms with Crippen LogP contribution >= 0.6 is 0 Å². The first-order valence-electron chi connectivity index (χ1n) is 10.4. The van der Waals surface area contributed by atoms with Gasteiger partial charge in [0.15, 0.2) is 0 Å². The summed E-state index contributed by atoms with van der Waals surface area (Å²) < 4.78 is 6.86. The Balaban J connectivity index is 1.48. The highest BCUT2D eigenvalue weighted by Gasteiger charge is 3.02. The van der Waals surface area contributed by atoms with Crippen LogP contribution in [-0.4, -0.2) is 12.2 Å². The van der Waals surface area contributed by atoms with Gasteiger partial charge in [0, 0.05) is 10.8 Å². The van der Waals surface area contributed by atoms with Crippen molar-refractivity contribution >= 4 is 0 Å². The van der Waals surface area contributed by atoms with Crippen LogP contribution in [0.5, 0.6) is 0 Å². The van der Waals surface area contributed by atoms with Crippen LogP contribution in [0.15, 0.2) is 0 Å². The second-order valence-electron chi connectivity index (χ2n) is 11.3. The normalized spacial score (nSPS) is 88.0. The number of hydrogen-bond acceptors (Lipinski definition) is 1. The van der Waals surface area contributed by atoms with Gasteiger partial charge in [-0.3, -0.25) is 0 Å². The van der Waals surface area contributed by atoms with E-state index in [4.69, 9.17) is 4.74 Å². The third kappa shape index (κ3) is 0.553. The molecule has 1 heteroatoms. The minimum atomic E-state index is 0.413. The molecule has 116 valence electrons. The van der Waals surface area contributed by atoms with Crippen LogP contribution in [0.4, 0.5) is 0 Å². The molecule has 0 unspecified atom stereocenters. The average molecular weight is 294 g/mol. The Hall–Kier alpha value is -0.0400. The molecule has 0 aromatic rings. The van der Waals surface area contributed by atoms with Crippen LogP contribution in [-0.2, 0) is 4.74 Å². The Morgan fingerprint density at radius 1 is 0.773 bits per heavy atom. The Labute approximate surface area is 132 Å². The van der Waals surface area contributed by atoms with Crippen LogP contribution in [0, 0.1) is 75.9 Å². The molecule has 0 radical (unpaired) electrons. The first kappa shape index (κ1) is 10.7. The number of hydrogen-bond donors (Lipinski definition) is 0. The van der Waals surface area contributed by atoms with Crippen molar-refractivity contribution in [3.8, 4) is 0 Å². The molecule has 2 spiro atoms. The first-order chi connectivity index (χ1) is 10.8. The largest absolute Gasteiger partial charge is 0.373 e. The molecule has 7 aliphatic carbocycles. The predicted octanol–water partition coefficient (Wildman–Crippen LogP) is 3.59. The van der Waals surface area contributed by atoms with Crippen molar-refractivity contribution in [1.82, 2.24) is 0 Å². The molecule has 1 saturated heterocycles. The lowest BCUT2D eigenvalue weighted by atomic mass is 9.40. The summed E-state index contributed by atoms with van der Waals surface area (Å²) in [7, 11) is 0. The first-order valence-corrected chi connectivity index (χ1v) is 10.4. The molecular weight excluding hydrogens is 268 g/mol. The fourth-order valence-electron chi connectivity index (χ4n) is 13.5. The topological polar surface area (TPSA) is 9.23 Å². The lowest BCUT2D eigenvalue weighted by Gasteiger charge is -2.73. The van der Waals surface area contributed by atoms with Crippen molar-refractivity contribution in [2.45, 2.75) is 44.6 Å². The van der Waals surface area contributed by atoms with Crippen LogP contribution in [0.1, 0.15) is 39.0 Å². The Kier molecular flexibility index (Phi) is 1.21.